The van der Waals surface area contributed by atoms with E-state index in [0.717, 1.165) is 23.8 Å². The van der Waals surface area contributed by atoms with Crippen LogP contribution in [0.5, 0.6) is 5.75 Å². The molecule has 0 heterocycles. The number of benzene rings is 3. The van der Waals surface area contributed by atoms with Gasteiger partial charge in [0, 0.05) is 5.56 Å². The van der Waals surface area contributed by atoms with Gasteiger partial charge in [0.2, 0.25) is 0 Å². The number of hydrazone groups is 1. The average molecular weight is 416 g/mol. The molecule has 30 heavy (non-hydrogen) atoms. The highest BCUT2D eigenvalue weighted by atomic mass is 19.4. The second kappa shape index (κ2) is 9.21. The minimum absolute atomic E-state index is 0.147. The van der Waals surface area contributed by atoms with Gasteiger partial charge >= 0.3 is 6.18 Å². The van der Waals surface area contributed by atoms with Crippen molar-refractivity contribution < 1.29 is 27.1 Å². The molecule has 1 N–H and O–H groups in total. The molecule has 4 nitrogen and oxygen atoms in total. The largest absolute Gasteiger partial charge is 0.489 e. The summed E-state index contributed by atoms with van der Waals surface area (Å²) in [6.07, 6.45) is -3.17. The molecule has 3 rings (SSSR count). The highest BCUT2D eigenvalue weighted by Gasteiger charge is 2.30. The maximum absolute atomic E-state index is 12.9. The third kappa shape index (κ3) is 5.91. The minimum Gasteiger partial charge on any atom is -0.489 e. The molecule has 3 aromatic rings. The van der Waals surface area contributed by atoms with Crippen LogP contribution in [-0.4, -0.2) is 12.1 Å². The van der Waals surface area contributed by atoms with E-state index in [1.54, 1.807) is 36.4 Å². The predicted octanol–water partition coefficient (Wildman–Crippen LogP) is 5.19. The van der Waals surface area contributed by atoms with Crippen molar-refractivity contribution in [1.82, 2.24) is 5.43 Å². The van der Waals surface area contributed by atoms with Gasteiger partial charge in [0.05, 0.1) is 11.8 Å². The van der Waals surface area contributed by atoms with Gasteiger partial charge in [-0.15, -0.1) is 0 Å². The van der Waals surface area contributed by atoms with Gasteiger partial charge in [-0.3, -0.25) is 4.79 Å². The van der Waals surface area contributed by atoms with E-state index in [0.29, 0.717) is 11.3 Å². The summed E-state index contributed by atoms with van der Waals surface area (Å²) in [4.78, 5) is 12.0. The van der Waals surface area contributed by atoms with Crippen LogP contribution in [0.3, 0.4) is 0 Å². The van der Waals surface area contributed by atoms with Gasteiger partial charge < -0.3 is 4.74 Å². The van der Waals surface area contributed by atoms with Gasteiger partial charge in [-0.2, -0.15) is 18.3 Å². The first-order chi connectivity index (χ1) is 14.3. The molecule has 0 saturated heterocycles. The molecule has 154 valence electrons. The minimum atomic E-state index is -4.53. The summed E-state index contributed by atoms with van der Waals surface area (Å²) in [5.74, 6) is -0.483. The van der Waals surface area contributed by atoms with Crippen LogP contribution in [-0.2, 0) is 12.8 Å². The molecule has 0 spiro atoms. The van der Waals surface area contributed by atoms with Crippen molar-refractivity contribution in [2.24, 2.45) is 5.10 Å². The molecule has 0 unspecified atom stereocenters. The van der Waals surface area contributed by atoms with E-state index >= 15 is 0 Å². The Balaban J connectivity index is 1.54. The van der Waals surface area contributed by atoms with Crippen LogP contribution < -0.4 is 10.2 Å². The van der Waals surface area contributed by atoms with E-state index in [2.05, 4.69) is 10.5 Å². The lowest BCUT2D eigenvalue weighted by atomic mass is 10.1. The van der Waals surface area contributed by atoms with Gasteiger partial charge in [-0.05, 0) is 65.7 Å². The summed E-state index contributed by atoms with van der Waals surface area (Å²) in [7, 11) is 0. The third-order valence-corrected chi connectivity index (χ3v) is 4.03. The average Bonchev–Trinajstić information content (AvgIpc) is 2.74. The predicted molar refractivity (Wildman–Crippen MR) is 104 cm³/mol. The fourth-order valence-electron chi connectivity index (χ4n) is 2.46. The molecular weight excluding hydrogens is 400 g/mol. The summed E-state index contributed by atoms with van der Waals surface area (Å²) >= 11 is 0. The molecule has 0 saturated carbocycles. The number of nitrogens with zero attached hydrogens (tertiary/aromatic N) is 1. The maximum atomic E-state index is 12.9. The fourth-order valence-corrected chi connectivity index (χ4v) is 2.46. The first-order valence-corrected chi connectivity index (χ1v) is 8.79. The van der Waals surface area contributed by atoms with Gasteiger partial charge in [0.15, 0.2) is 0 Å². The Morgan fingerprint density at radius 3 is 2.37 bits per heavy atom. The summed E-state index contributed by atoms with van der Waals surface area (Å²) in [6.45, 7) is 0.279. The Kier molecular flexibility index (Phi) is 6.46. The van der Waals surface area contributed by atoms with Crippen molar-refractivity contribution in [3.8, 4) is 5.75 Å². The Hall–Kier alpha value is -3.68. The Morgan fingerprint density at radius 2 is 1.70 bits per heavy atom. The molecule has 0 radical (unpaired) electrons. The van der Waals surface area contributed by atoms with E-state index in [1.165, 1.54) is 24.4 Å². The molecule has 8 heteroatoms. The number of carbonyl (C=O) groups is 1. The standard InChI is InChI=1S/C22H16F4N2O2/c23-19-8-4-16(5-9-19)14-30-20-10-6-15(7-11-20)13-27-28-21(29)17-2-1-3-18(12-17)22(24,25)26/h1-13H,14H2,(H,28,29)/b27-13-. The van der Waals surface area contributed by atoms with E-state index in [1.807, 2.05) is 0 Å². The molecule has 0 aliphatic heterocycles. The van der Waals surface area contributed by atoms with Crippen molar-refractivity contribution >= 4 is 12.1 Å². The number of ether oxygens (including phenoxy) is 1. The van der Waals surface area contributed by atoms with Gasteiger partial charge in [0.1, 0.15) is 18.2 Å². The molecule has 0 fully saturated rings. The van der Waals surface area contributed by atoms with Crippen LogP contribution in [0, 0.1) is 5.82 Å². The molecule has 0 aliphatic carbocycles. The Morgan fingerprint density at radius 1 is 1.00 bits per heavy atom. The van der Waals surface area contributed by atoms with Crippen LogP contribution in [0.15, 0.2) is 77.9 Å². The zero-order valence-electron chi connectivity index (χ0n) is 15.5. The molecule has 0 aliphatic rings. The number of nitrogens with one attached hydrogen (secondary N) is 1. The summed E-state index contributed by atoms with van der Waals surface area (Å²) in [5.41, 5.74) is 2.60. The number of amides is 1. The fraction of sp³-hybridized carbons (Fsp3) is 0.0909. The second-order valence-corrected chi connectivity index (χ2v) is 6.26. The topological polar surface area (TPSA) is 50.7 Å². The molecule has 0 atom stereocenters. The van der Waals surface area contributed by atoms with E-state index in [9.17, 15) is 22.4 Å². The third-order valence-electron chi connectivity index (χ3n) is 4.03. The van der Waals surface area contributed by atoms with Crippen molar-refractivity contribution in [2.45, 2.75) is 12.8 Å². The molecular formula is C22H16F4N2O2. The highest BCUT2D eigenvalue weighted by Crippen LogP contribution is 2.29. The number of rotatable bonds is 6. The Bertz CT molecular complexity index is 1030. The van der Waals surface area contributed by atoms with E-state index in [-0.39, 0.29) is 18.0 Å². The number of hydrogen-bond donors (Lipinski definition) is 1. The number of hydrogen-bond acceptors (Lipinski definition) is 3. The van der Waals surface area contributed by atoms with Crippen molar-refractivity contribution in [1.29, 1.82) is 0 Å². The second-order valence-electron chi connectivity index (χ2n) is 6.26. The first-order valence-electron chi connectivity index (χ1n) is 8.79. The summed E-state index contributed by atoms with van der Waals surface area (Å²) in [6, 6.07) is 16.8. The van der Waals surface area contributed by atoms with Gasteiger partial charge in [-0.1, -0.05) is 18.2 Å². The summed E-state index contributed by atoms with van der Waals surface area (Å²) in [5, 5.41) is 3.76. The van der Waals surface area contributed by atoms with Crippen LogP contribution in [0.4, 0.5) is 17.6 Å². The van der Waals surface area contributed by atoms with Gasteiger partial charge in [0.25, 0.3) is 5.91 Å². The SMILES string of the molecule is O=C(N/N=C\c1ccc(OCc2ccc(F)cc2)cc1)c1cccc(C(F)(F)F)c1. The molecule has 1 amide bonds. The maximum Gasteiger partial charge on any atom is 0.416 e. The quantitative estimate of drug-likeness (QED) is 0.342. The lowest BCUT2D eigenvalue weighted by molar-refractivity contribution is -0.137. The van der Waals surface area contributed by atoms with Crippen molar-refractivity contribution in [2.75, 3.05) is 0 Å². The van der Waals surface area contributed by atoms with Crippen LogP contribution in [0.2, 0.25) is 0 Å². The first kappa shape index (κ1) is 21.0. The van der Waals surface area contributed by atoms with Gasteiger partial charge in [-0.25, -0.2) is 9.82 Å². The number of alkyl halides is 3. The van der Waals surface area contributed by atoms with Crippen molar-refractivity contribution in [3.63, 3.8) is 0 Å². The molecule has 0 bridgehead atoms. The normalized spacial score (nSPS) is 11.5. The van der Waals surface area contributed by atoms with Crippen LogP contribution in [0.1, 0.15) is 27.0 Å². The lowest BCUT2D eigenvalue weighted by Crippen LogP contribution is -2.18. The van der Waals surface area contributed by atoms with E-state index < -0.39 is 17.6 Å². The molecule has 0 aromatic heterocycles. The Labute approximate surface area is 169 Å². The lowest BCUT2D eigenvalue weighted by Gasteiger charge is -2.07. The zero-order valence-corrected chi connectivity index (χ0v) is 15.5. The van der Waals surface area contributed by atoms with Crippen LogP contribution in [0.25, 0.3) is 0 Å². The smallest absolute Gasteiger partial charge is 0.416 e. The monoisotopic (exact) mass is 416 g/mol. The zero-order chi connectivity index (χ0) is 21.6. The van der Waals surface area contributed by atoms with Crippen LogP contribution >= 0.6 is 0 Å². The summed E-state index contributed by atoms with van der Waals surface area (Å²) < 4.78 is 56.6. The molecule has 3 aromatic carbocycles. The van der Waals surface area contributed by atoms with E-state index in [4.69, 9.17) is 4.74 Å². The van der Waals surface area contributed by atoms with Crippen molar-refractivity contribution in [3.05, 3.63) is 101 Å². The highest BCUT2D eigenvalue weighted by molar-refractivity contribution is 5.95. The number of carbonyl (C=O) groups excluding carboxylic acids is 1. The number of halogens is 4.